The van der Waals surface area contributed by atoms with Crippen molar-refractivity contribution in [2.45, 2.75) is 12.8 Å². The second-order valence-electron chi connectivity index (χ2n) is 5.42. The molecule has 1 atom stereocenters. The van der Waals surface area contributed by atoms with Gasteiger partial charge in [-0.2, -0.15) is 0 Å². The minimum Gasteiger partial charge on any atom is -0.381 e. The number of nitrogens with one attached hydrogen (secondary N) is 1. The van der Waals surface area contributed by atoms with Crippen LogP contribution < -0.4 is 5.32 Å². The van der Waals surface area contributed by atoms with E-state index in [1.807, 2.05) is 0 Å². The molecule has 0 radical (unpaired) electrons. The number of nitrogens with zero attached hydrogens (tertiary/aromatic N) is 1. The van der Waals surface area contributed by atoms with Gasteiger partial charge in [-0.1, -0.05) is 17.3 Å². The fourth-order valence-electron chi connectivity index (χ4n) is 2.38. The minimum absolute atomic E-state index is 0.249. The zero-order chi connectivity index (χ0) is 15.4. The van der Waals surface area contributed by atoms with E-state index in [0.29, 0.717) is 31.3 Å². The van der Waals surface area contributed by atoms with Crippen LogP contribution >= 0.6 is 0 Å². The number of carbonyl (C=O) groups excluding carboxylic acids is 1. The summed E-state index contributed by atoms with van der Waals surface area (Å²) in [5.74, 6) is 0.411. The molecule has 0 saturated carbocycles. The van der Waals surface area contributed by atoms with Gasteiger partial charge in [-0.3, -0.25) is 4.79 Å². The van der Waals surface area contributed by atoms with Crippen LogP contribution in [0.4, 0.5) is 4.39 Å². The number of hydrogen-bond acceptors (Lipinski definition) is 4. The van der Waals surface area contributed by atoms with Crippen molar-refractivity contribution < 1.29 is 18.4 Å². The molecule has 3 rings (SSSR count). The first-order valence-electron chi connectivity index (χ1n) is 7.26. The van der Waals surface area contributed by atoms with E-state index in [0.717, 1.165) is 18.6 Å². The first-order chi connectivity index (χ1) is 10.7. The fourth-order valence-corrected chi connectivity index (χ4v) is 2.38. The Morgan fingerprint density at radius 1 is 1.36 bits per heavy atom. The predicted octanol–water partition coefficient (Wildman–Crippen LogP) is 2.17. The number of rotatable bonds is 5. The SMILES string of the molecule is O=C(NCC1CCOC1)c1cc(Cc2ccc(F)cc2)on1. The maximum atomic E-state index is 12.9. The van der Waals surface area contributed by atoms with Crippen LogP contribution in [0.25, 0.3) is 0 Å². The van der Waals surface area contributed by atoms with Crippen molar-refractivity contribution in [3.63, 3.8) is 0 Å². The van der Waals surface area contributed by atoms with Crippen LogP contribution in [-0.2, 0) is 11.2 Å². The van der Waals surface area contributed by atoms with Gasteiger partial charge in [-0.05, 0) is 24.1 Å². The summed E-state index contributed by atoms with van der Waals surface area (Å²) in [5, 5.41) is 6.62. The first-order valence-corrected chi connectivity index (χ1v) is 7.26. The van der Waals surface area contributed by atoms with Gasteiger partial charge in [0.15, 0.2) is 5.69 Å². The molecule has 1 aromatic heterocycles. The lowest BCUT2D eigenvalue weighted by Gasteiger charge is -2.07. The number of amides is 1. The summed E-state index contributed by atoms with van der Waals surface area (Å²) in [5.41, 5.74) is 1.16. The van der Waals surface area contributed by atoms with Gasteiger partial charge in [-0.25, -0.2) is 4.39 Å². The lowest BCUT2D eigenvalue weighted by molar-refractivity contribution is 0.0936. The Balaban J connectivity index is 1.55. The average molecular weight is 304 g/mol. The van der Waals surface area contributed by atoms with Crippen LogP contribution in [0.1, 0.15) is 28.2 Å². The van der Waals surface area contributed by atoms with Gasteiger partial charge in [0.1, 0.15) is 11.6 Å². The number of halogens is 1. The molecule has 6 heteroatoms. The highest BCUT2D eigenvalue weighted by atomic mass is 19.1. The number of ether oxygens (including phenoxy) is 1. The highest BCUT2D eigenvalue weighted by Crippen LogP contribution is 2.13. The molecule has 22 heavy (non-hydrogen) atoms. The molecule has 1 aromatic carbocycles. The Morgan fingerprint density at radius 3 is 2.91 bits per heavy atom. The summed E-state index contributed by atoms with van der Waals surface area (Å²) in [6, 6.07) is 7.76. The van der Waals surface area contributed by atoms with E-state index < -0.39 is 0 Å². The molecule has 1 aliphatic heterocycles. The second-order valence-corrected chi connectivity index (χ2v) is 5.42. The van der Waals surface area contributed by atoms with Gasteiger partial charge in [0.25, 0.3) is 5.91 Å². The van der Waals surface area contributed by atoms with E-state index in [4.69, 9.17) is 9.26 Å². The Kier molecular flexibility index (Phi) is 4.48. The van der Waals surface area contributed by atoms with Gasteiger partial charge in [0, 0.05) is 31.6 Å². The lowest BCUT2D eigenvalue weighted by atomic mass is 10.1. The monoisotopic (exact) mass is 304 g/mol. The molecule has 0 spiro atoms. The third kappa shape index (κ3) is 3.71. The van der Waals surface area contributed by atoms with Crippen molar-refractivity contribution in [3.05, 3.63) is 53.2 Å². The van der Waals surface area contributed by atoms with E-state index in [1.165, 1.54) is 12.1 Å². The first kappa shape index (κ1) is 14.7. The summed E-state index contributed by atoms with van der Waals surface area (Å²) < 4.78 is 23.3. The molecular formula is C16H17FN2O3. The molecular weight excluding hydrogens is 287 g/mol. The van der Waals surface area contributed by atoms with E-state index >= 15 is 0 Å². The lowest BCUT2D eigenvalue weighted by Crippen LogP contribution is -2.29. The number of carbonyl (C=O) groups is 1. The largest absolute Gasteiger partial charge is 0.381 e. The van der Waals surface area contributed by atoms with Crippen molar-refractivity contribution in [2.75, 3.05) is 19.8 Å². The van der Waals surface area contributed by atoms with Crippen molar-refractivity contribution in [2.24, 2.45) is 5.92 Å². The smallest absolute Gasteiger partial charge is 0.273 e. The second kappa shape index (κ2) is 6.70. The van der Waals surface area contributed by atoms with Gasteiger partial charge in [0.2, 0.25) is 0 Å². The molecule has 2 aromatic rings. The zero-order valence-corrected chi connectivity index (χ0v) is 12.0. The molecule has 1 amide bonds. The van der Waals surface area contributed by atoms with Gasteiger partial charge in [0.05, 0.1) is 6.61 Å². The van der Waals surface area contributed by atoms with Crippen LogP contribution in [-0.4, -0.2) is 30.8 Å². The molecule has 1 aliphatic rings. The van der Waals surface area contributed by atoms with Crippen molar-refractivity contribution in [3.8, 4) is 0 Å². The van der Waals surface area contributed by atoms with Crippen LogP contribution in [0.3, 0.4) is 0 Å². The Bertz CT molecular complexity index is 633. The molecule has 1 unspecified atom stereocenters. The van der Waals surface area contributed by atoms with Crippen LogP contribution in [0.15, 0.2) is 34.9 Å². The standard InChI is InChI=1S/C16H17FN2O3/c17-13-3-1-11(2-4-13)7-14-8-15(19-22-14)16(20)18-9-12-5-6-21-10-12/h1-4,8,12H,5-7,9-10H2,(H,18,20). The molecule has 2 heterocycles. The van der Waals surface area contributed by atoms with Crippen molar-refractivity contribution >= 4 is 5.91 Å². The molecule has 0 bridgehead atoms. The predicted molar refractivity (Wildman–Crippen MR) is 77.0 cm³/mol. The van der Waals surface area contributed by atoms with Crippen molar-refractivity contribution in [1.29, 1.82) is 0 Å². The molecule has 1 saturated heterocycles. The van der Waals surface area contributed by atoms with Crippen LogP contribution in [0.2, 0.25) is 0 Å². The molecule has 1 N–H and O–H groups in total. The van der Waals surface area contributed by atoms with E-state index in [2.05, 4.69) is 10.5 Å². The molecule has 5 nitrogen and oxygen atoms in total. The summed E-state index contributed by atoms with van der Waals surface area (Å²) in [4.78, 5) is 12.0. The Morgan fingerprint density at radius 2 is 2.18 bits per heavy atom. The highest BCUT2D eigenvalue weighted by Gasteiger charge is 2.18. The normalized spacial score (nSPS) is 17.6. The third-order valence-electron chi connectivity index (χ3n) is 3.66. The molecule has 116 valence electrons. The summed E-state index contributed by atoms with van der Waals surface area (Å²) in [7, 11) is 0. The van der Waals surface area contributed by atoms with E-state index in [9.17, 15) is 9.18 Å². The highest BCUT2D eigenvalue weighted by molar-refractivity contribution is 5.92. The van der Waals surface area contributed by atoms with Gasteiger partial charge < -0.3 is 14.6 Å². The van der Waals surface area contributed by atoms with Crippen molar-refractivity contribution in [1.82, 2.24) is 10.5 Å². The molecule has 1 fully saturated rings. The maximum absolute atomic E-state index is 12.9. The number of benzene rings is 1. The number of aromatic nitrogens is 1. The third-order valence-corrected chi connectivity index (χ3v) is 3.66. The van der Waals surface area contributed by atoms with Gasteiger partial charge >= 0.3 is 0 Å². The quantitative estimate of drug-likeness (QED) is 0.919. The summed E-state index contributed by atoms with van der Waals surface area (Å²) in [6.45, 7) is 2.03. The van der Waals surface area contributed by atoms with Crippen LogP contribution in [0, 0.1) is 11.7 Å². The number of hydrogen-bond donors (Lipinski definition) is 1. The Hall–Kier alpha value is -2.21. The average Bonchev–Trinajstić information content (AvgIpc) is 3.19. The van der Waals surface area contributed by atoms with Gasteiger partial charge in [-0.15, -0.1) is 0 Å². The van der Waals surface area contributed by atoms with E-state index in [-0.39, 0.29) is 17.4 Å². The molecule has 0 aliphatic carbocycles. The maximum Gasteiger partial charge on any atom is 0.273 e. The summed E-state index contributed by atoms with van der Waals surface area (Å²) in [6.07, 6.45) is 1.44. The van der Waals surface area contributed by atoms with E-state index in [1.54, 1.807) is 18.2 Å². The van der Waals surface area contributed by atoms with Crippen LogP contribution in [0.5, 0.6) is 0 Å². The zero-order valence-electron chi connectivity index (χ0n) is 12.0. The minimum atomic E-state index is -0.280. The Labute approximate surface area is 127 Å². The fraction of sp³-hybridized carbons (Fsp3) is 0.375. The topological polar surface area (TPSA) is 64.4 Å². The summed E-state index contributed by atoms with van der Waals surface area (Å²) >= 11 is 0.